The van der Waals surface area contributed by atoms with Gasteiger partial charge in [-0.2, -0.15) is 0 Å². The van der Waals surface area contributed by atoms with Crippen LogP contribution in [-0.4, -0.2) is 13.9 Å². The summed E-state index contributed by atoms with van der Waals surface area (Å²) < 4.78 is 6.34. The van der Waals surface area contributed by atoms with E-state index in [-0.39, 0.29) is 10.6 Å². The zero-order valence-corrected chi connectivity index (χ0v) is 11.1. The third-order valence-corrected chi connectivity index (χ3v) is 8.07. The van der Waals surface area contributed by atoms with Crippen molar-refractivity contribution in [1.82, 2.24) is 0 Å². The molecule has 0 aliphatic heterocycles. The molecule has 0 spiro atoms. The van der Waals surface area contributed by atoms with Crippen LogP contribution < -0.4 is 0 Å². The van der Waals surface area contributed by atoms with Gasteiger partial charge in [-0.25, -0.2) is 0 Å². The summed E-state index contributed by atoms with van der Waals surface area (Å²) in [7, 11) is -1.61. The molecular formula is C12H22OSi. The quantitative estimate of drug-likeness (QED) is 0.511. The fourth-order valence-corrected chi connectivity index (χ4v) is 3.00. The summed E-state index contributed by atoms with van der Waals surface area (Å²) in [5, 5.41) is 0.289. The first kappa shape index (κ1) is 11.8. The van der Waals surface area contributed by atoms with E-state index >= 15 is 0 Å². The van der Waals surface area contributed by atoms with Crippen LogP contribution in [0.15, 0.2) is 0 Å². The maximum absolute atomic E-state index is 6.34. The Balaban J connectivity index is 2.65. The van der Waals surface area contributed by atoms with E-state index in [1.807, 2.05) is 0 Å². The van der Waals surface area contributed by atoms with Gasteiger partial charge >= 0.3 is 0 Å². The SMILES string of the molecule is C#CCC1(O[Si](C)(C)C(C)(C)C)CC1. The van der Waals surface area contributed by atoms with Crippen LogP contribution in [0.4, 0.5) is 0 Å². The monoisotopic (exact) mass is 210 g/mol. The molecule has 0 atom stereocenters. The van der Waals surface area contributed by atoms with Crippen molar-refractivity contribution in [2.45, 2.75) is 63.8 Å². The van der Waals surface area contributed by atoms with Crippen molar-refractivity contribution in [2.24, 2.45) is 0 Å². The molecule has 0 bridgehead atoms. The molecule has 0 amide bonds. The first-order valence-corrected chi connectivity index (χ1v) is 8.27. The summed E-state index contributed by atoms with van der Waals surface area (Å²) in [4.78, 5) is 0. The molecule has 0 saturated heterocycles. The van der Waals surface area contributed by atoms with Crippen LogP contribution in [0.2, 0.25) is 18.1 Å². The Hall–Kier alpha value is -0.263. The minimum Gasteiger partial charge on any atom is -0.410 e. The molecule has 0 aromatic heterocycles. The van der Waals surface area contributed by atoms with Crippen molar-refractivity contribution in [3.05, 3.63) is 0 Å². The van der Waals surface area contributed by atoms with Crippen LogP contribution in [0.5, 0.6) is 0 Å². The highest BCUT2D eigenvalue weighted by molar-refractivity contribution is 6.74. The van der Waals surface area contributed by atoms with Crippen LogP contribution in [-0.2, 0) is 4.43 Å². The van der Waals surface area contributed by atoms with E-state index < -0.39 is 8.32 Å². The van der Waals surface area contributed by atoms with E-state index in [1.54, 1.807) is 0 Å². The Morgan fingerprint density at radius 3 is 2.14 bits per heavy atom. The lowest BCUT2D eigenvalue weighted by Crippen LogP contribution is -2.44. The summed E-state index contributed by atoms with van der Waals surface area (Å²) in [6, 6.07) is 0. The van der Waals surface area contributed by atoms with Gasteiger partial charge in [0, 0.05) is 6.42 Å². The van der Waals surface area contributed by atoms with Gasteiger partial charge in [-0.15, -0.1) is 12.3 Å². The molecule has 0 unspecified atom stereocenters. The van der Waals surface area contributed by atoms with Crippen LogP contribution in [0.3, 0.4) is 0 Å². The minimum atomic E-state index is -1.61. The second-order valence-corrected chi connectivity index (χ2v) is 10.7. The second kappa shape index (κ2) is 3.39. The zero-order chi connectivity index (χ0) is 11.0. The van der Waals surface area contributed by atoms with Crippen LogP contribution in [0.25, 0.3) is 0 Å². The maximum Gasteiger partial charge on any atom is 0.192 e. The van der Waals surface area contributed by atoms with Gasteiger partial charge in [0.15, 0.2) is 8.32 Å². The topological polar surface area (TPSA) is 9.23 Å². The van der Waals surface area contributed by atoms with E-state index in [4.69, 9.17) is 10.8 Å². The molecule has 0 radical (unpaired) electrons. The fraction of sp³-hybridized carbons (Fsp3) is 0.833. The Bertz CT molecular complexity index is 250. The molecule has 2 heteroatoms. The van der Waals surface area contributed by atoms with Gasteiger partial charge in [0.1, 0.15) is 0 Å². The number of terminal acetylenes is 1. The average Bonchev–Trinajstić information content (AvgIpc) is 2.65. The lowest BCUT2D eigenvalue weighted by Gasteiger charge is -2.39. The van der Waals surface area contributed by atoms with Crippen LogP contribution in [0, 0.1) is 12.3 Å². The predicted octanol–water partition coefficient (Wildman–Crippen LogP) is 3.56. The number of hydrogen-bond donors (Lipinski definition) is 0. The lowest BCUT2D eigenvalue weighted by molar-refractivity contribution is 0.163. The molecule has 80 valence electrons. The standard InChI is InChI=1S/C12H22OSi/c1-7-8-12(9-10-12)13-14(5,6)11(2,3)4/h1H,8-10H2,2-6H3. The van der Waals surface area contributed by atoms with E-state index in [1.165, 1.54) is 0 Å². The summed E-state index contributed by atoms with van der Waals surface area (Å²) in [5.74, 6) is 2.74. The molecule has 0 N–H and O–H groups in total. The third kappa shape index (κ3) is 2.40. The molecule has 1 rings (SSSR count). The fourth-order valence-electron chi connectivity index (χ4n) is 1.33. The molecule has 1 saturated carbocycles. The summed E-state index contributed by atoms with van der Waals surface area (Å²) in [5.41, 5.74) is 0.0672. The third-order valence-electron chi connectivity index (χ3n) is 3.51. The molecule has 0 aromatic rings. The van der Waals surface area contributed by atoms with Crippen molar-refractivity contribution in [3.8, 4) is 12.3 Å². The highest BCUT2D eigenvalue weighted by Gasteiger charge is 2.50. The summed E-state index contributed by atoms with van der Waals surface area (Å²) >= 11 is 0. The Morgan fingerprint density at radius 1 is 1.36 bits per heavy atom. The summed E-state index contributed by atoms with van der Waals surface area (Å²) in [6.45, 7) is 11.4. The molecule has 0 aromatic carbocycles. The number of hydrogen-bond acceptors (Lipinski definition) is 1. The average molecular weight is 210 g/mol. The molecule has 1 nitrogen and oxygen atoms in total. The summed E-state index contributed by atoms with van der Waals surface area (Å²) in [6.07, 6.45) is 8.47. The Kier molecular flexibility index (Phi) is 2.86. The van der Waals surface area contributed by atoms with Crippen molar-refractivity contribution < 1.29 is 4.43 Å². The zero-order valence-electron chi connectivity index (χ0n) is 10.1. The maximum atomic E-state index is 6.34. The van der Waals surface area contributed by atoms with E-state index in [0.717, 1.165) is 19.3 Å². The van der Waals surface area contributed by atoms with Crippen LogP contribution >= 0.6 is 0 Å². The van der Waals surface area contributed by atoms with Gasteiger partial charge in [-0.3, -0.25) is 0 Å². The number of rotatable bonds is 3. The molecule has 0 heterocycles. The largest absolute Gasteiger partial charge is 0.410 e. The second-order valence-electron chi connectivity index (χ2n) is 5.93. The van der Waals surface area contributed by atoms with Gasteiger partial charge in [-0.05, 0) is 31.0 Å². The van der Waals surface area contributed by atoms with E-state index in [2.05, 4.69) is 39.8 Å². The van der Waals surface area contributed by atoms with Gasteiger partial charge in [0.2, 0.25) is 0 Å². The smallest absolute Gasteiger partial charge is 0.192 e. The first-order valence-electron chi connectivity index (χ1n) is 5.36. The highest BCUT2D eigenvalue weighted by atomic mass is 28.4. The van der Waals surface area contributed by atoms with Crippen molar-refractivity contribution >= 4 is 8.32 Å². The molecule has 1 aliphatic carbocycles. The molecule has 14 heavy (non-hydrogen) atoms. The van der Waals surface area contributed by atoms with Crippen molar-refractivity contribution in [1.29, 1.82) is 0 Å². The lowest BCUT2D eigenvalue weighted by atomic mass is 10.2. The van der Waals surface area contributed by atoms with Gasteiger partial charge in [0.05, 0.1) is 5.60 Å². The van der Waals surface area contributed by atoms with Crippen LogP contribution in [0.1, 0.15) is 40.0 Å². The van der Waals surface area contributed by atoms with Crippen molar-refractivity contribution in [3.63, 3.8) is 0 Å². The van der Waals surface area contributed by atoms with Gasteiger partial charge < -0.3 is 4.43 Å². The van der Waals surface area contributed by atoms with Gasteiger partial charge in [0.25, 0.3) is 0 Å². The van der Waals surface area contributed by atoms with Crippen molar-refractivity contribution in [2.75, 3.05) is 0 Å². The minimum absolute atomic E-state index is 0.0672. The van der Waals surface area contributed by atoms with Gasteiger partial charge in [-0.1, -0.05) is 20.8 Å². The molecule has 1 fully saturated rings. The Labute approximate surface area is 89.4 Å². The first-order chi connectivity index (χ1) is 6.22. The normalized spacial score (nSPS) is 20.3. The Morgan fingerprint density at radius 2 is 1.86 bits per heavy atom. The molecule has 1 aliphatic rings. The van der Waals surface area contributed by atoms with E-state index in [0.29, 0.717) is 0 Å². The van der Waals surface area contributed by atoms with E-state index in [9.17, 15) is 0 Å². The molecular weight excluding hydrogens is 188 g/mol. The highest BCUT2D eigenvalue weighted by Crippen LogP contribution is 2.49. The predicted molar refractivity (Wildman–Crippen MR) is 63.7 cm³/mol.